The quantitative estimate of drug-likeness (QED) is 0.400. The van der Waals surface area contributed by atoms with Gasteiger partial charge in [0, 0.05) is 17.9 Å². The maximum atomic E-state index is 13.3. The number of carbonyl (C=O) groups excluding carboxylic acids is 2. The maximum Gasteiger partial charge on any atom is 0.186 e. The molecule has 0 aromatic heterocycles. The Hall–Kier alpha value is -1.32. The van der Waals surface area contributed by atoms with Crippen LogP contribution in [0, 0.1) is 45.8 Å². The molecule has 4 bridgehead atoms. The van der Waals surface area contributed by atoms with Crippen LogP contribution in [-0.2, 0) is 23.8 Å². The molecule has 1 saturated heterocycles. The number of methoxy groups -OCH3 is 1. The Morgan fingerprint density at radius 3 is 2.57 bits per heavy atom. The second kappa shape index (κ2) is 8.35. The van der Waals surface area contributed by atoms with Crippen molar-refractivity contribution in [3.8, 4) is 0 Å². The molecule has 8 heteroatoms. The van der Waals surface area contributed by atoms with Crippen molar-refractivity contribution >= 4 is 12.3 Å². The number of carboxylic acids is 1. The van der Waals surface area contributed by atoms with E-state index in [0.717, 1.165) is 24.7 Å². The fourth-order valence-corrected chi connectivity index (χ4v) is 9.31. The molecular formula is C27H39O8-. The van der Waals surface area contributed by atoms with Crippen LogP contribution in [0.1, 0.15) is 53.4 Å². The number of ether oxygens (including phenoxy) is 3. The third kappa shape index (κ3) is 2.92. The van der Waals surface area contributed by atoms with Gasteiger partial charge < -0.3 is 39.1 Å². The SMILES string of the molecule is CO[C@H]1[C@@H](O)[C@H](O)[C@H](OC[C@@]23C[C@@H]4[C@H](C)CC[C@H]4[C@@]4(C=O)C[C@H]2C=C(C(C)C)[C@@]34C(=O)[O-])O[C@@H]1C. The summed E-state index contributed by atoms with van der Waals surface area (Å²) in [7, 11) is 1.44. The van der Waals surface area contributed by atoms with Crippen molar-refractivity contribution in [1.82, 2.24) is 0 Å². The normalized spacial score (nSPS) is 52.5. The zero-order valence-corrected chi connectivity index (χ0v) is 21.3. The molecule has 3 saturated carbocycles. The van der Waals surface area contributed by atoms with E-state index in [2.05, 4.69) is 13.0 Å². The number of carboxylic acid groups (broad SMARTS) is 1. The first-order valence-corrected chi connectivity index (χ1v) is 13.1. The predicted molar refractivity (Wildman–Crippen MR) is 122 cm³/mol. The van der Waals surface area contributed by atoms with Gasteiger partial charge in [0.25, 0.3) is 0 Å². The molecule has 0 radical (unpaired) electrons. The molecule has 196 valence electrons. The fraction of sp³-hybridized carbons (Fsp3) is 0.852. The van der Waals surface area contributed by atoms with Gasteiger partial charge in [-0.15, -0.1) is 0 Å². The zero-order valence-electron chi connectivity index (χ0n) is 21.3. The summed E-state index contributed by atoms with van der Waals surface area (Å²) >= 11 is 0. The summed E-state index contributed by atoms with van der Waals surface area (Å²) < 4.78 is 17.4. The molecule has 1 aliphatic heterocycles. The van der Waals surface area contributed by atoms with E-state index in [1.807, 2.05) is 13.8 Å². The Morgan fingerprint density at radius 2 is 1.97 bits per heavy atom. The summed E-state index contributed by atoms with van der Waals surface area (Å²) in [6.07, 6.45) is 1.05. The van der Waals surface area contributed by atoms with Crippen LogP contribution < -0.4 is 5.11 Å². The van der Waals surface area contributed by atoms with E-state index in [4.69, 9.17) is 14.2 Å². The van der Waals surface area contributed by atoms with E-state index in [1.54, 1.807) is 6.92 Å². The van der Waals surface area contributed by atoms with E-state index in [0.29, 0.717) is 18.8 Å². The number of fused-ring (bicyclic) bond motifs is 2. The van der Waals surface area contributed by atoms with Crippen LogP contribution in [0.25, 0.3) is 0 Å². The Kier molecular flexibility index (Phi) is 6.04. The van der Waals surface area contributed by atoms with Crippen LogP contribution in [-0.4, -0.2) is 66.9 Å². The van der Waals surface area contributed by atoms with Crippen molar-refractivity contribution in [3.63, 3.8) is 0 Å². The minimum Gasteiger partial charge on any atom is -0.549 e. The van der Waals surface area contributed by atoms with E-state index < -0.39 is 52.9 Å². The highest BCUT2D eigenvalue weighted by Crippen LogP contribution is 2.82. The number of rotatable bonds is 7. The average molecular weight is 492 g/mol. The highest BCUT2D eigenvalue weighted by Gasteiger charge is 2.81. The second-order valence-corrected chi connectivity index (χ2v) is 12.2. The number of hydrogen-bond donors (Lipinski definition) is 2. The van der Waals surface area contributed by atoms with Crippen LogP contribution in [0.4, 0.5) is 0 Å². The Bertz CT molecular complexity index is 917. The number of aliphatic carboxylic acids is 1. The van der Waals surface area contributed by atoms with Crippen LogP contribution in [0.3, 0.4) is 0 Å². The zero-order chi connectivity index (χ0) is 25.5. The smallest absolute Gasteiger partial charge is 0.186 e. The number of aliphatic hydroxyl groups is 2. The molecule has 0 unspecified atom stereocenters. The minimum atomic E-state index is -1.45. The Balaban J connectivity index is 1.57. The first-order valence-electron chi connectivity index (χ1n) is 13.1. The summed E-state index contributed by atoms with van der Waals surface area (Å²) in [6, 6.07) is 0. The van der Waals surface area contributed by atoms with Gasteiger partial charge in [-0.1, -0.05) is 38.8 Å². The highest BCUT2D eigenvalue weighted by molar-refractivity contribution is 5.89. The van der Waals surface area contributed by atoms with Gasteiger partial charge in [-0.05, 0) is 55.8 Å². The molecule has 0 amide bonds. The van der Waals surface area contributed by atoms with Gasteiger partial charge >= 0.3 is 0 Å². The predicted octanol–water partition coefficient (Wildman–Crippen LogP) is 1.07. The summed E-state index contributed by atoms with van der Waals surface area (Å²) in [4.78, 5) is 26.4. The summed E-state index contributed by atoms with van der Waals surface area (Å²) in [6.45, 7) is 7.89. The topological polar surface area (TPSA) is 125 Å². The molecule has 4 fully saturated rings. The van der Waals surface area contributed by atoms with Crippen LogP contribution in [0.2, 0.25) is 0 Å². The lowest BCUT2D eigenvalue weighted by atomic mass is 9.43. The van der Waals surface area contributed by atoms with Crippen molar-refractivity contribution in [2.45, 2.75) is 84.1 Å². The maximum absolute atomic E-state index is 13.3. The number of hydrogen-bond acceptors (Lipinski definition) is 8. The fourth-order valence-electron chi connectivity index (χ4n) is 9.31. The number of aliphatic hydroxyl groups excluding tert-OH is 2. The second-order valence-electron chi connectivity index (χ2n) is 12.2. The van der Waals surface area contributed by atoms with Gasteiger partial charge in [0.15, 0.2) is 6.29 Å². The number of aldehydes is 1. The summed E-state index contributed by atoms with van der Waals surface area (Å²) in [5.74, 6) is -0.776. The van der Waals surface area contributed by atoms with E-state index in [9.17, 15) is 24.9 Å². The van der Waals surface area contributed by atoms with Gasteiger partial charge in [0.1, 0.15) is 24.6 Å². The lowest BCUT2D eigenvalue weighted by Crippen LogP contribution is -2.67. The average Bonchev–Trinajstić information content (AvgIpc) is 3.38. The van der Waals surface area contributed by atoms with Gasteiger partial charge in [-0.3, -0.25) is 0 Å². The highest BCUT2D eigenvalue weighted by atomic mass is 16.7. The first kappa shape index (κ1) is 25.3. The molecule has 4 aliphatic carbocycles. The van der Waals surface area contributed by atoms with Crippen molar-refractivity contribution in [2.75, 3.05) is 13.7 Å². The molecule has 12 atom stereocenters. The molecule has 5 rings (SSSR count). The third-order valence-electron chi connectivity index (χ3n) is 10.7. The largest absolute Gasteiger partial charge is 0.549 e. The van der Waals surface area contributed by atoms with Crippen molar-refractivity contribution in [3.05, 3.63) is 11.6 Å². The molecule has 5 aliphatic rings. The van der Waals surface area contributed by atoms with Crippen molar-refractivity contribution in [1.29, 1.82) is 0 Å². The molecule has 0 aromatic carbocycles. The van der Waals surface area contributed by atoms with E-state index in [1.165, 1.54) is 7.11 Å². The molecule has 35 heavy (non-hydrogen) atoms. The first-order chi connectivity index (χ1) is 16.5. The molecule has 2 N–H and O–H groups in total. The minimum absolute atomic E-state index is 0.00269. The molecular weight excluding hydrogens is 452 g/mol. The Morgan fingerprint density at radius 1 is 1.26 bits per heavy atom. The number of allylic oxidation sites excluding steroid dienone is 1. The van der Waals surface area contributed by atoms with Crippen molar-refractivity contribution < 1.29 is 39.1 Å². The van der Waals surface area contributed by atoms with Crippen LogP contribution in [0.5, 0.6) is 0 Å². The van der Waals surface area contributed by atoms with Crippen molar-refractivity contribution in [2.24, 2.45) is 45.8 Å². The summed E-state index contributed by atoms with van der Waals surface area (Å²) in [5, 5.41) is 34.6. The Labute approximate surface area is 207 Å². The van der Waals surface area contributed by atoms with Crippen LogP contribution >= 0.6 is 0 Å². The molecule has 8 nitrogen and oxygen atoms in total. The van der Waals surface area contributed by atoms with Gasteiger partial charge in [-0.2, -0.15) is 0 Å². The molecule has 1 heterocycles. The molecule has 0 spiro atoms. The van der Waals surface area contributed by atoms with E-state index in [-0.39, 0.29) is 30.3 Å². The molecule has 0 aromatic rings. The lowest BCUT2D eigenvalue weighted by Gasteiger charge is -2.61. The van der Waals surface area contributed by atoms with Crippen LogP contribution in [0.15, 0.2) is 11.6 Å². The van der Waals surface area contributed by atoms with Gasteiger partial charge in [0.05, 0.1) is 24.1 Å². The third-order valence-corrected chi connectivity index (χ3v) is 10.7. The summed E-state index contributed by atoms with van der Waals surface area (Å²) in [5.41, 5.74) is -2.57. The van der Waals surface area contributed by atoms with Gasteiger partial charge in [-0.25, -0.2) is 0 Å². The van der Waals surface area contributed by atoms with Gasteiger partial charge in [0.2, 0.25) is 0 Å². The number of carbonyl (C=O) groups is 2. The monoisotopic (exact) mass is 491 g/mol. The standard InChI is InChI=1S/C27H40O8/c1-13(2)19-8-16-9-25(11-28)18-7-6-14(3)17(18)10-26(16,27(19,25)24(31)32)12-34-23-21(30)20(29)22(33-5)15(4)35-23/h8,11,13-18,20-23,29-30H,6-7,9-10,12H2,1-5H3,(H,31,32)/p-1/t14-,15-,16-,17-,18-,20+,21+,22-,23-,25+,26+,27+/m1/s1. The van der Waals surface area contributed by atoms with E-state index >= 15 is 0 Å². The lowest BCUT2D eigenvalue weighted by molar-refractivity contribution is -0.338.